The van der Waals surface area contributed by atoms with Crippen molar-refractivity contribution < 1.29 is 5.11 Å². The Balaban J connectivity index is 1.88. The fraction of sp³-hybridized carbons (Fsp3) is 0.667. The van der Waals surface area contributed by atoms with E-state index in [2.05, 4.69) is 30.1 Å². The Bertz CT molecular complexity index is 526. The van der Waals surface area contributed by atoms with Gasteiger partial charge in [-0.05, 0) is 61.9 Å². The van der Waals surface area contributed by atoms with Crippen LogP contribution in [0.4, 0.5) is 0 Å². The number of hydrogen-bond acceptors (Lipinski definition) is 2. The minimum absolute atomic E-state index is 0.178. The Morgan fingerprint density at radius 2 is 2.20 bits per heavy atom. The highest BCUT2D eigenvalue weighted by molar-refractivity contribution is 5.43. The summed E-state index contributed by atoms with van der Waals surface area (Å²) in [4.78, 5) is 2.61. The highest BCUT2D eigenvalue weighted by Crippen LogP contribution is 2.55. The van der Waals surface area contributed by atoms with Gasteiger partial charge < -0.3 is 10.0 Å². The minimum Gasteiger partial charge on any atom is -0.392 e. The third-order valence-electron chi connectivity index (χ3n) is 6.36. The molecule has 1 saturated heterocycles. The predicted octanol–water partition coefficient (Wildman–Crippen LogP) is 2.87. The number of benzene rings is 1. The first-order valence-electron chi connectivity index (χ1n) is 8.18. The van der Waals surface area contributed by atoms with Crippen molar-refractivity contribution in [1.82, 2.24) is 4.90 Å². The second-order valence-electron chi connectivity index (χ2n) is 7.16. The van der Waals surface area contributed by atoms with Crippen LogP contribution in [0.1, 0.15) is 48.8 Å². The van der Waals surface area contributed by atoms with Crippen molar-refractivity contribution in [3.63, 3.8) is 0 Å². The molecule has 20 heavy (non-hydrogen) atoms. The van der Waals surface area contributed by atoms with E-state index in [-0.39, 0.29) is 6.61 Å². The molecule has 1 N–H and O–H groups in total. The van der Waals surface area contributed by atoms with Crippen LogP contribution in [-0.2, 0) is 18.4 Å². The SMILES string of the molecule is CN1CC[C@]23CCCC[C@H]2[C@H]1Cc1ccc(CO)cc13. The van der Waals surface area contributed by atoms with Gasteiger partial charge in [0.25, 0.3) is 0 Å². The molecule has 2 fully saturated rings. The van der Waals surface area contributed by atoms with Crippen LogP contribution in [0.25, 0.3) is 0 Å². The second-order valence-corrected chi connectivity index (χ2v) is 7.16. The van der Waals surface area contributed by atoms with E-state index in [1.165, 1.54) is 45.1 Å². The molecule has 2 bridgehead atoms. The van der Waals surface area contributed by atoms with Gasteiger partial charge >= 0.3 is 0 Å². The van der Waals surface area contributed by atoms with Crippen molar-refractivity contribution in [3.8, 4) is 0 Å². The van der Waals surface area contributed by atoms with Crippen molar-refractivity contribution in [2.45, 2.75) is 56.6 Å². The third-order valence-corrected chi connectivity index (χ3v) is 6.36. The quantitative estimate of drug-likeness (QED) is 0.849. The minimum atomic E-state index is 0.178. The number of likely N-dealkylation sites (N-methyl/N-ethyl adjacent to an activating group) is 1. The molecule has 3 atom stereocenters. The lowest BCUT2D eigenvalue weighted by Gasteiger charge is -2.58. The van der Waals surface area contributed by atoms with Crippen molar-refractivity contribution in [3.05, 3.63) is 34.9 Å². The molecular weight excluding hydrogens is 246 g/mol. The van der Waals surface area contributed by atoms with E-state index in [1.54, 1.807) is 11.1 Å². The maximum Gasteiger partial charge on any atom is 0.0681 e. The molecule has 1 heterocycles. The smallest absolute Gasteiger partial charge is 0.0681 e. The highest BCUT2D eigenvalue weighted by atomic mass is 16.3. The van der Waals surface area contributed by atoms with Crippen molar-refractivity contribution in [1.29, 1.82) is 0 Å². The van der Waals surface area contributed by atoms with Crippen LogP contribution < -0.4 is 0 Å². The Labute approximate surface area is 121 Å². The first kappa shape index (κ1) is 12.8. The lowest BCUT2D eigenvalue weighted by atomic mass is 9.52. The van der Waals surface area contributed by atoms with Gasteiger partial charge in [0.15, 0.2) is 0 Å². The Kier molecular flexibility index (Phi) is 2.94. The largest absolute Gasteiger partial charge is 0.392 e. The lowest BCUT2D eigenvalue weighted by molar-refractivity contribution is 0.00276. The zero-order chi connectivity index (χ0) is 13.7. The summed E-state index contributed by atoms with van der Waals surface area (Å²) in [6.07, 6.45) is 8.08. The zero-order valence-corrected chi connectivity index (χ0v) is 12.4. The maximum absolute atomic E-state index is 9.49. The van der Waals surface area contributed by atoms with Crippen LogP contribution in [0, 0.1) is 5.92 Å². The Morgan fingerprint density at radius 3 is 3.05 bits per heavy atom. The monoisotopic (exact) mass is 271 g/mol. The normalized spacial score (nSPS) is 36.3. The van der Waals surface area contributed by atoms with E-state index in [0.717, 1.165) is 17.5 Å². The van der Waals surface area contributed by atoms with E-state index in [4.69, 9.17) is 0 Å². The second kappa shape index (κ2) is 4.57. The summed E-state index contributed by atoms with van der Waals surface area (Å²) in [6.45, 7) is 1.42. The molecule has 1 aromatic rings. The molecule has 1 saturated carbocycles. The molecule has 108 valence electrons. The number of aliphatic hydroxyl groups excluding tert-OH is 1. The van der Waals surface area contributed by atoms with Crippen LogP contribution >= 0.6 is 0 Å². The lowest BCUT2D eigenvalue weighted by Crippen LogP contribution is -2.59. The maximum atomic E-state index is 9.49. The summed E-state index contributed by atoms with van der Waals surface area (Å²) in [5.74, 6) is 0.844. The van der Waals surface area contributed by atoms with Crippen LogP contribution in [0.3, 0.4) is 0 Å². The molecule has 2 aliphatic carbocycles. The average Bonchev–Trinajstić information content (AvgIpc) is 2.50. The van der Waals surface area contributed by atoms with E-state index in [0.29, 0.717) is 5.41 Å². The molecule has 0 amide bonds. The average molecular weight is 271 g/mol. The summed E-state index contributed by atoms with van der Waals surface area (Å²) in [5.41, 5.74) is 4.67. The summed E-state index contributed by atoms with van der Waals surface area (Å²) in [6, 6.07) is 7.49. The van der Waals surface area contributed by atoms with Gasteiger partial charge in [-0.2, -0.15) is 0 Å². The molecule has 0 unspecified atom stereocenters. The Hall–Kier alpha value is -0.860. The van der Waals surface area contributed by atoms with Gasteiger partial charge in [-0.25, -0.2) is 0 Å². The van der Waals surface area contributed by atoms with Crippen molar-refractivity contribution >= 4 is 0 Å². The van der Waals surface area contributed by atoms with E-state index < -0.39 is 0 Å². The van der Waals surface area contributed by atoms with E-state index >= 15 is 0 Å². The number of fused-ring (bicyclic) bond motifs is 1. The number of hydrogen-bond donors (Lipinski definition) is 1. The summed E-state index contributed by atoms with van der Waals surface area (Å²) >= 11 is 0. The van der Waals surface area contributed by atoms with Gasteiger partial charge in [-0.15, -0.1) is 0 Å². The fourth-order valence-corrected chi connectivity index (χ4v) is 5.34. The van der Waals surface area contributed by atoms with Gasteiger partial charge in [-0.3, -0.25) is 0 Å². The van der Waals surface area contributed by atoms with Gasteiger partial charge in [0.1, 0.15) is 0 Å². The molecular formula is C18H25NO. The number of nitrogens with zero attached hydrogens (tertiary/aromatic N) is 1. The third kappa shape index (κ3) is 1.64. The van der Waals surface area contributed by atoms with Crippen LogP contribution in [0.5, 0.6) is 0 Å². The summed E-state index contributed by atoms with van der Waals surface area (Å²) in [7, 11) is 2.32. The molecule has 2 nitrogen and oxygen atoms in total. The van der Waals surface area contributed by atoms with Crippen LogP contribution in [-0.4, -0.2) is 29.6 Å². The van der Waals surface area contributed by atoms with Crippen molar-refractivity contribution in [2.24, 2.45) is 5.92 Å². The molecule has 2 heteroatoms. The Morgan fingerprint density at radius 1 is 1.30 bits per heavy atom. The van der Waals surface area contributed by atoms with Gasteiger partial charge in [-0.1, -0.05) is 31.0 Å². The molecule has 0 radical (unpaired) electrons. The molecule has 4 rings (SSSR count). The first-order valence-corrected chi connectivity index (χ1v) is 8.18. The van der Waals surface area contributed by atoms with Crippen LogP contribution in [0.2, 0.25) is 0 Å². The number of likely N-dealkylation sites (tertiary alicyclic amines) is 1. The first-order chi connectivity index (χ1) is 9.74. The zero-order valence-electron chi connectivity index (χ0n) is 12.4. The standard InChI is InChI=1S/C18H25NO/c1-19-9-8-18-7-3-2-4-15(18)17(19)11-14-6-5-13(12-20)10-16(14)18/h5-6,10,15,17,20H,2-4,7-9,11-12H2,1H3/t15-,17+,18+/m0/s1. The molecule has 1 aromatic carbocycles. The number of rotatable bonds is 1. The van der Waals surface area contributed by atoms with Gasteiger partial charge in [0.05, 0.1) is 6.61 Å². The predicted molar refractivity (Wildman–Crippen MR) is 80.7 cm³/mol. The molecule has 0 spiro atoms. The number of aliphatic hydroxyl groups is 1. The fourth-order valence-electron chi connectivity index (χ4n) is 5.34. The number of piperidine rings is 1. The molecule has 1 aliphatic heterocycles. The van der Waals surface area contributed by atoms with E-state index in [1.807, 2.05) is 0 Å². The highest BCUT2D eigenvalue weighted by Gasteiger charge is 2.52. The van der Waals surface area contributed by atoms with E-state index in [9.17, 15) is 5.11 Å². The van der Waals surface area contributed by atoms with Crippen molar-refractivity contribution in [2.75, 3.05) is 13.6 Å². The van der Waals surface area contributed by atoms with Gasteiger partial charge in [0, 0.05) is 11.5 Å². The van der Waals surface area contributed by atoms with Crippen LogP contribution in [0.15, 0.2) is 18.2 Å². The summed E-state index contributed by atoms with van der Waals surface area (Å²) < 4.78 is 0. The molecule has 0 aromatic heterocycles. The van der Waals surface area contributed by atoms with Gasteiger partial charge in [0.2, 0.25) is 0 Å². The topological polar surface area (TPSA) is 23.5 Å². The summed E-state index contributed by atoms with van der Waals surface area (Å²) in [5, 5.41) is 9.49. The molecule has 3 aliphatic rings.